The predicted molar refractivity (Wildman–Crippen MR) is 68.3 cm³/mol. The van der Waals surface area contributed by atoms with Crippen molar-refractivity contribution in [3.05, 3.63) is 39.4 Å². The average Bonchev–Trinajstić information content (AvgIpc) is 2.67. The van der Waals surface area contributed by atoms with Crippen LogP contribution in [-0.4, -0.2) is 16.5 Å². The molecule has 0 unspecified atom stereocenters. The van der Waals surface area contributed by atoms with Gasteiger partial charge < -0.3 is 5.32 Å². The summed E-state index contributed by atoms with van der Waals surface area (Å²) in [6, 6.07) is 3.69. The van der Waals surface area contributed by atoms with Gasteiger partial charge in [-0.2, -0.15) is 0 Å². The maximum Gasteiger partial charge on any atom is 0.125 e. The summed E-state index contributed by atoms with van der Waals surface area (Å²) in [6.07, 6.45) is 2.56. The van der Waals surface area contributed by atoms with Gasteiger partial charge in [-0.05, 0) is 19.1 Å². The van der Waals surface area contributed by atoms with E-state index in [1.807, 2.05) is 19.1 Å². The second kappa shape index (κ2) is 5.27. The van der Waals surface area contributed by atoms with Crippen LogP contribution in [0.1, 0.15) is 10.7 Å². The van der Waals surface area contributed by atoms with Gasteiger partial charge in [0.2, 0.25) is 0 Å². The van der Waals surface area contributed by atoms with Gasteiger partial charge in [-0.1, -0.05) is 11.6 Å². The van der Waals surface area contributed by atoms with Crippen LogP contribution in [0.3, 0.4) is 0 Å². The van der Waals surface area contributed by atoms with E-state index in [1.165, 1.54) is 0 Å². The predicted octanol–water partition coefficient (Wildman–Crippen LogP) is 3.15. The number of anilines is 1. The topological polar surface area (TPSA) is 37.8 Å². The third-order valence-electron chi connectivity index (χ3n) is 2.04. The van der Waals surface area contributed by atoms with Gasteiger partial charge in [0.05, 0.1) is 10.0 Å². The van der Waals surface area contributed by atoms with Crippen molar-refractivity contribution in [1.82, 2.24) is 9.97 Å². The molecule has 0 aliphatic rings. The monoisotopic (exact) mass is 253 g/mol. The molecule has 0 aliphatic carbocycles. The molecule has 3 nitrogen and oxygen atoms in total. The van der Waals surface area contributed by atoms with Crippen molar-refractivity contribution in [2.24, 2.45) is 0 Å². The summed E-state index contributed by atoms with van der Waals surface area (Å²) in [5.41, 5.74) is 1.09. The smallest absolute Gasteiger partial charge is 0.125 e. The highest BCUT2D eigenvalue weighted by Gasteiger charge is 1.98. The molecule has 0 fully saturated rings. The van der Waals surface area contributed by atoms with Crippen LogP contribution in [0.5, 0.6) is 0 Å². The number of hydrogen-bond acceptors (Lipinski definition) is 4. The lowest BCUT2D eigenvalue weighted by molar-refractivity contribution is 0.978. The van der Waals surface area contributed by atoms with Gasteiger partial charge in [0.25, 0.3) is 0 Å². The normalized spacial score (nSPS) is 10.4. The second-order valence-electron chi connectivity index (χ2n) is 3.42. The first-order chi connectivity index (χ1) is 7.74. The highest BCUT2D eigenvalue weighted by atomic mass is 35.5. The molecule has 16 heavy (non-hydrogen) atoms. The fraction of sp³-hybridized carbons (Fsp3) is 0.273. The van der Waals surface area contributed by atoms with E-state index >= 15 is 0 Å². The number of aromatic nitrogens is 2. The SMILES string of the molecule is Cc1csc(CCNc2ccc(Cl)cn2)n1. The summed E-state index contributed by atoms with van der Waals surface area (Å²) in [5.74, 6) is 0.845. The molecule has 2 aromatic rings. The fourth-order valence-electron chi connectivity index (χ4n) is 1.30. The standard InChI is InChI=1S/C11H12ClN3S/c1-8-7-16-11(15-8)4-5-13-10-3-2-9(12)6-14-10/h2-3,6-7H,4-5H2,1H3,(H,13,14). The minimum Gasteiger partial charge on any atom is -0.370 e. The highest BCUT2D eigenvalue weighted by molar-refractivity contribution is 7.09. The van der Waals surface area contributed by atoms with E-state index in [0.717, 1.165) is 29.5 Å². The van der Waals surface area contributed by atoms with Crippen molar-refractivity contribution in [3.63, 3.8) is 0 Å². The summed E-state index contributed by atoms with van der Waals surface area (Å²) in [4.78, 5) is 8.55. The van der Waals surface area contributed by atoms with Crippen LogP contribution in [0.2, 0.25) is 5.02 Å². The lowest BCUT2D eigenvalue weighted by Crippen LogP contribution is -2.05. The van der Waals surface area contributed by atoms with Crippen LogP contribution >= 0.6 is 22.9 Å². The summed E-state index contributed by atoms with van der Waals surface area (Å²) in [6.45, 7) is 2.84. The Bertz CT molecular complexity index is 453. The lowest BCUT2D eigenvalue weighted by atomic mass is 10.4. The number of hydrogen-bond donors (Lipinski definition) is 1. The van der Waals surface area contributed by atoms with Gasteiger partial charge in [0.1, 0.15) is 5.82 Å². The van der Waals surface area contributed by atoms with Crippen LogP contribution < -0.4 is 5.32 Å². The van der Waals surface area contributed by atoms with E-state index in [-0.39, 0.29) is 0 Å². The first kappa shape index (κ1) is 11.4. The van der Waals surface area contributed by atoms with Crippen LogP contribution in [0.25, 0.3) is 0 Å². The summed E-state index contributed by atoms with van der Waals surface area (Å²) in [7, 11) is 0. The molecular weight excluding hydrogens is 242 g/mol. The molecule has 0 amide bonds. The van der Waals surface area contributed by atoms with Gasteiger partial charge in [0, 0.05) is 30.2 Å². The quantitative estimate of drug-likeness (QED) is 0.910. The Hall–Kier alpha value is -1.13. The number of nitrogens with one attached hydrogen (secondary N) is 1. The van der Waals surface area contributed by atoms with Crippen molar-refractivity contribution in [2.45, 2.75) is 13.3 Å². The number of rotatable bonds is 4. The Labute approximate surface area is 104 Å². The molecule has 2 rings (SSSR count). The van der Waals surface area contributed by atoms with Gasteiger partial charge in [0.15, 0.2) is 0 Å². The largest absolute Gasteiger partial charge is 0.370 e. The molecule has 0 spiro atoms. The number of nitrogens with zero attached hydrogens (tertiary/aromatic N) is 2. The second-order valence-corrected chi connectivity index (χ2v) is 4.80. The molecular formula is C11H12ClN3S. The molecule has 5 heteroatoms. The van der Waals surface area contributed by atoms with Gasteiger partial charge in [-0.3, -0.25) is 0 Å². The lowest BCUT2D eigenvalue weighted by Gasteiger charge is -2.03. The summed E-state index contributed by atoms with van der Waals surface area (Å²) >= 11 is 7.44. The minimum absolute atomic E-state index is 0.654. The van der Waals surface area contributed by atoms with Gasteiger partial charge in [-0.15, -0.1) is 11.3 Å². The Morgan fingerprint density at radius 2 is 2.31 bits per heavy atom. The molecule has 0 bridgehead atoms. The number of thiazole rings is 1. The van der Waals surface area contributed by atoms with Crippen LogP contribution in [0, 0.1) is 6.92 Å². The van der Waals surface area contributed by atoms with Crippen molar-refractivity contribution in [3.8, 4) is 0 Å². The third kappa shape index (κ3) is 3.18. The van der Waals surface area contributed by atoms with Crippen LogP contribution in [0.4, 0.5) is 5.82 Å². The molecule has 0 saturated heterocycles. The average molecular weight is 254 g/mol. The molecule has 84 valence electrons. The highest BCUT2D eigenvalue weighted by Crippen LogP contribution is 2.11. The van der Waals surface area contributed by atoms with Crippen LogP contribution in [0.15, 0.2) is 23.7 Å². The third-order valence-corrected chi connectivity index (χ3v) is 3.29. The summed E-state index contributed by atoms with van der Waals surface area (Å²) < 4.78 is 0. The maximum absolute atomic E-state index is 5.75. The van der Waals surface area contributed by atoms with E-state index in [4.69, 9.17) is 11.6 Å². The van der Waals surface area contributed by atoms with E-state index in [0.29, 0.717) is 5.02 Å². The molecule has 0 saturated carbocycles. The zero-order valence-electron chi connectivity index (χ0n) is 8.90. The molecule has 2 aromatic heterocycles. The van der Waals surface area contributed by atoms with Crippen molar-refractivity contribution in [2.75, 3.05) is 11.9 Å². The molecule has 0 aliphatic heterocycles. The van der Waals surface area contributed by atoms with E-state index < -0.39 is 0 Å². The van der Waals surface area contributed by atoms with Gasteiger partial charge in [-0.25, -0.2) is 9.97 Å². The van der Waals surface area contributed by atoms with E-state index in [2.05, 4.69) is 20.7 Å². The molecule has 0 radical (unpaired) electrons. The Balaban J connectivity index is 1.82. The van der Waals surface area contributed by atoms with E-state index in [1.54, 1.807) is 17.5 Å². The van der Waals surface area contributed by atoms with Crippen molar-refractivity contribution in [1.29, 1.82) is 0 Å². The fourth-order valence-corrected chi connectivity index (χ4v) is 2.18. The first-order valence-corrected chi connectivity index (χ1v) is 6.26. The van der Waals surface area contributed by atoms with E-state index in [9.17, 15) is 0 Å². The van der Waals surface area contributed by atoms with Crippen molar-refractivity contribution >= 4 is 28.8 Å². The Kier molecular flexibility index (Phi) is 3.74. The summed E-state index contributed by atoms with van der Waals surface area (Å²) in [5, 5.41) is 7.10. The van der Waals surface area contributed by atoms with Gasteiger partial charge >= 0.3 is 0 Å². The van der Waals surface area contributed by atoms with Crippen LogP contribution in [-0.2, 0) is 6.42 Å². The number of pyridine rings is 1. The molecule has 0 aromatic carbocycles. The first-order valence-electron chi connectivity index (χ1n) is 5.00. The minimum atomic E-state index is 0.654. The Morgan fingerprint density at radius 3 is 2.94 bits per heavy atom. The maximum atomic E-state index is 5.75. The molecule has 0 atom stereocenters. The van der Waals surface area contributed by atoms with Crippen molar-refractivity contribution < 1.29 is 0 Å². The zero-order chi connectivity index (χ0) is 11.4. The Morgan fingerprint density at radius 1 is 1.44 bits per heavy atom. The molecule has 2 heterocycles. The zero-order valence-corrected chi connectivity index (χ0v) is 10.5. The molecule has 1 N–H and O–H groups in total. The number of aryl methyl sites for hydroxylation is 1. The number of halogens is 1.